The van der Waals surface area contributed by atoms with Gasteiger partial charge < -0.3 is 15.2 Å². The molecule has 1 aromatic heterocycles. The molecule has 1 aromatic carbocycles. The molecule has 0 bridgehead atoms. The molecule has 1 atom stereocenters. The van der Waals surface area contributed by atoms with Crippen molar-refractivity contribution in [3.63, 3.8) is 0 Å². The van der Waals surface area contributed by atoms with Crippen LogP contribution in [-0.4, -0.2) is 41.3 Å². The summed E-state index contributed by atoms with van der Waals surface area (Å²) in [6.07, 6.45) is 0. The molecule has 2 rings (SSSR count). The number of anilines is 1. The van der Waals surface area contributed by atoms with E-state index in [1.54, 1.807) is 13.2 Å². The van der Waals surface area contributed by atoms with E-state index in [2.05, 4.69) is 15.3 Å². The van der Waals surface area contributed by atoms with Crippen molar-refractivity contribution < 1.29 is 14.6 Å². The number of hydrogen-bond acceptors (Lipinski definition) is 5. The lowest BCUT2D eigenvalue weighted by molar-refractivity contribution is 0.0684. The fourth-order valence-electron chi connectivity index (χ4n) is 1.92. The molecule has 20 heavy (non-hydrogen) atoms. The molecule has 0 fully saturated rings. The number of para-hydroxylation sites is 1. The molecule has 2 aromatic rings. The predicted molar refractivity (Wildman–Crippen MR) is 76.0 cm³/mol. The van der Waals surface area contributed by atoms with Crippen molar-refractivity contribution in [2.45, 2.75) is 6.92 Å². The third-order valence-corrected chi connectivity index (χ3v) is 2.86. The quantitative estimate of drug-likeness (QED) is 0.839. The fraction of sp³-hybridized carbons (Fsp3) is 0.357. The normalized spacial score (nSPS) is 12.3. The minimum Gasteiger partial charge on any atom is -0.475 e. The summed E-state index contributed by atoms with van der Waals surface area (Å²) in [4.78, 5) is 19.2. The molecule has 0 saturated carbocycles. The van der Waals surface area contributed by atoms with Crippen LogP contribution in [0.5, 0.6) is 0 Å². The van der Waals surface area contributed by atoms with Crippen LogP contribution in [0.3, 0.4) is 0 Å². The number of nitrogens with zero attached hydrogens (tertiary/aromatic N) is 2. The van der Waals surface area contributed by atoms with Crippen LogP contribution in [0.4, 0.5) is 5.82 Å². The molecule has 0 aliphatic carbocycles. The molecule has 0 spiro atoms. The Morgan fingerprint density at radius 1 is 1.40 bits per heavy atom. The summed E-state index contributed by atoms with van der Waals surface area (Å²) in [5.74, 6) is -0.507. The first-order valence-corrected chi connectivity index (χ1v) is 6.34. The number of benzene rings is 1. The van der Waals surface area contributed by atoms with Gasteiger partial charge in [-0.25, -0.2) is 14.8 Å². The Morgan fingerprint density at radius 3 is 2.85 bits per heavy atom. The van der Waals surface area contributed by atoms with Gasteiger partial charge in [0.05, 0.1) is 12.1 Å². The number of nitrogens with one attached hydrogen (secondary N) is 1. The molecule has 6 heteroatoms. The van der Waals surface area contributed by atoms with Crippen molar-refractivity contribution >= 4 is 22.7 Å². The summed E-state index contributed by atoms with van der Waals surface area (Å²) >= 11 is 0. The number of carboxylic acid groups (broad SMARTS) is 1. The average molecular weight is 275 g/mol. The molecule has 0 amide bonds. The van der Waals surface area contributed by atoms with Crippen LogP contribution in [-0.2, 0) is 4.74 Å². The molecular weight excluding hydrogens is 258 g/mol. The number of rotatable bonds is 6. The summed E-state index contributed by atoms with van der Waals surface area (Å²) in [6, 6.07) is 7.33. The standard InChI is InChI=1S/C14H17N3O3/c1-9(8-20-2)7-15-12-10-5-3-4-6-11(10)16-13(17-12)14(18)19/h3-6,9H,7-8H2,1-2H3,(H,18,19)(H,15,16,17). The van der Waals surface area contributed by atoms with Crippen LogP contribution in [0.2, 0.25) is 0 Å². The Kier molecular flexibility index (Phi) is 4.47. The molecule has 2 N–H and O–H groups in total. The number of carbonyl (C=O) groups is 1. The Labute approximate surface area is 116 Å². The summed E-state index contributed by atoms with van der Waals surface area (Å²) in [6.45, 7) is 3.31. The van der Waals surface area contributed by atoms with Gasteiger partial charge in [-0.15, -0.1) is 0 Å². The van der Waals surface area contributed by atoms with Crippen LogP contribution < -0.4 is 5.32 Å². The van der Waals surface area contributed by atoms with Crippen LogP contribution >= 0.6 is 0 Å². The molecule has 1 unspecified atom stereocenters. The average Bonchev–Trinajstić information content (AvgIpc) is 2.44. The lowest BCUT2D eigenvalue weighted by atomic mass is 10.2. The number of carboxylic acids is 1. The Morgan fingerprint density at radius 2 is 2.15 bits per heavy atom. The van der Waals surface area contributed by atoms with Crippen molar-refractivity contribution in [3.8, 4) is 0 Å². The second-order valence-electron chi connectivity index (χ2n) is 4.66. The summed E-state index contributed by atoms with van der Waals surface area (Å²) < 4.78 is 5.07. The first-order valence-electron chi connectivity index (χ1n) is 6.34. The highest BCUT2D eigenvalue weighted by atomic mass is 16.5. The van der Waals surface area contributed by atoms with E-state index >= 15 is 0 Å². The van der Waals surface area contributed by atoms with Gasteiger partial charge in [-0.2, -0.15) is 0 Å². The lowest BCUT2D eigenvalue weighted by Gasteiger charge is -2.13. The van der Waals surface area contributed by atoms with Gasteiger partial charge in [0.1, 0.15) is 5.82 Å². The van der Waals surface area contributed by atoms with E-state index in [0.717, 1.165) is 5.39 Å². The monoisotopic (exact) mass is 275 g/mol. The van der Waals surface area contributed by atoms with Crippen molar-refractivity contribution in [1.29, 1.82) is 0 Å². The van der Waals surface area contributed by atoms with E-state index in [4.69, 9.17) is 9.84 Å². The van der Waals surface area contributed by atoms with E-state index in [1.807, 2.05) is 25.1 Å². The first kappa shape index (κ1) is 14.2. The van der Waals surface area contributed by atoms with Gasteiger partial charge in [-0.3, -0.25) is 0 Å². The highest BCUT2D eigenvalue weighted by molar-refractivity contribution is 5.93. The zero-order chi connectivity index (χ0) is 14.5. The highest BCUT2D eigenvalue weighted by Crippen LogP contribution is 2.20. The maximum Gasteiger partial charge on any atom is 0.374 e. The van der Waals surface area contributed by atoms with E-state index in [1.165, 1.54) is 0 Å². The van der Waals surface area contributed by atoms with Gasteiger partial charge in [0, 0.05) is 19.0 Å². The number of aromatic carboxylic acids is 1. The molecule has 1 heterocycles. The van der Waals surface area contributed by atoms with Gasteiger partial charge in [-0.05, 0) is 18.1 Å². The summed E-state index contributed by atoms with van der Waals surface area (Å²) in [5, 5.41) is 13.0. The predicted octanol–water partition coefficient (Wildman–Crippen LogP) is 2.02. The van der Waals surface area contributed by atoms with Gasteiger partial charge in [0.25, 0.3) is 0 Å². The van der Waals surface area contributed by atoms with Gasteiger partial charge >= 0.3 is 5.97 Å². The van der Waals surface area contributed by atoms with Crippen LogP contribution in [0.15, 0.2) is 24.3 Å². The molecule has 6 nitrogen and oxygen atoms in total. The smallest absolute Gasteiger partial charge is 0.374 e. The topological polar surface area (TPSA) is 84.3 Å². The molecule has 0 radical (unpaired) electrons. The fourth-order valence-corrected chi connectivity index (χ4v) is 1.92. The summed E-state index contributed by atoms with van der Waals surface area (Å²) in [5.41, 5.74) is 0.613. The van der Waals surface area contributed by atoms with Crippen LogP contribution in [0.25, 0.3) is 10.9 Å². The zero-order valence-corrected chi connectivity index (χ0v) is 11.5. The number of fused-ring (bicyclic) bond motifs is 1. The second-order valence-corrected chi connectivity index (χ2v) is 4.66. The van der Waals surface area contributed by atoms with Crippen molar-refractivity contribution in [1.82, 2.24) is 9.97 Å². The van der Waals surface area contributed by atoms with Crippen LogP contribution in [0, 0.1) is 5.92 Å². The second kappa shape index (κ2) is 6.29. The van der Waals surface area contributed by atoms with Crippen LogP contribution in [0.1, 0.15) is 17.5 Å². The molecule has 106 valence electrons. The van der Waals surface area contributed by atoms with Crippen molar-refractivity contribution in [2.75, 3.05) is 25.6 Å². The number of ether oxygens (including phenoxy) is 1. The summed E-state index contributed by atoms with van der Waals surface area (Å²) in [7, 11) is 1.65. The third-order valence-electron chi connectivity index (χ3n) is 2.86. The van der Waals surface area contributed by atoms with Gasteiger partial charge in [0.15, 0.2) is 0 Å². The minimum absolute atomic E-state index is 0.203. The zero-order valence-electron chi connectivity index (χ0n) is 11.5. The number of hydrogen-bond donors (Lipinski definition) is 2. The van der Waals surface area contributed by atoms with E-state index in [9.17, 15) is 4.79 Å². The molecule has 0 saturated heterocycles. The highest BCUT2D eigenvalue weighted by Gasteiger charge is 2.13. The number of aromatic nitrogens is 2. The van der Waals surface area contributed by atoms with Gasteiger partial charge in [0.2, 0.25) is 5.82 Å². The SMILES string of the molecule is COCC(C)CNc1nc(C(=O)O)nc2ccccc12. The van der Waals surface area contributed by atoms with Crippen molar-refractivity contribution in [2.24, 2.45) is 5.92 Å². The molecule has 0 aliphatic rings. The molecule has 0 aliphatic heterocycles. The largest absolute Gasteiger partial charge is 0.475 e. The maximum atomic E-state index is 11.1. The van der Waals surface area contributed by atoms with Gasteiger partial charge in [-0.1, -0.05) is 19.1 Å². The van der Waals surface area contributed by atoms with E-state index in [-0.39, 0.29) is 5.82 Å². The Bertz CT molecular complexity index is 616. The Balaban J connectivity index is 2.32. The minimum atomic E-state index is -1.14. The number of methoxy groups -OCH3 is 1. The molecular formula is C14H17N3O3. The maximum absolute atomic E-state index is 11.1. The van der Waals surface area contributed by atoms with E-state index < -0.39 is 5.97 Å². The lowest BCUT2D eigenvalue weighted by Crippen LogP contribution is -2.17. The van der Waals surface area contributed by atoms with Crippen molar-refractivity contribution in [3.05, 3.63) is 30.1 Å². The van der Waals surface area contributed by atoms with E-state index in [0.29, 0.717) is 30.4 Å². The first-order chi connectivity index (χ1) is 9.61. The Hall–Kier alpha value is -2.21. The third kappa shape index (κ3) is 3.21.